The second kappa shape index (κ2) is 4.08. The third kappa shape index (κ3) is 1.08. The van der Waals surface area contributed by atoms with Gasteiger partial charge in [-0.1, -0.05) is 26.7 Å². The summed E-state index contributed by atoms with van der Waals surface area (Å²) in [6, 6.07) is 7.76. The topological polar surface area (TPSA) is 95.2 Å². The lowest BCUT2D eigenvalue weighted by Gasteiger charge is -2.14. The molecule has 0 spiro atoms. The van der Waals surface area contributed by atoms with Gasteiger partial charge in [0, 0.05) is 5.41 Å². The van der Waals surface area contributed by atoms with Crippen LogP contribution in [-0.2, 0) is 0 Å². The Balaban J connectivity index is 3.35. The van der Waals surface area contributed by atoms with Gasteiger partial charge in [0.25, 0.3) is 0 Å². The molecule has 0 amide bonds. The van der Waals surface area contributed by atoms with Crippen LogP contribution in [0, 0.1) is 61.6 Å². The van der Waals surface area contributed by atoms with Gasteiger partial charge in [-0.2, -0.15) is 21.0 Å². The zero-order valence-electron chi connectivity index (χ0n) is 10.1. The van der Waals surface area contributed by atoms with Gasteiger partial charge in [-0.05, 0) is 12.8 Å². The smallest absolute Gasteiger partial charge is 0.184 e. The van der Waals surface area contributed by atoms with E-state index < -0.39 is 16.2 Å². The van der Waals surface area contributed by atoms with Crippen LogP contribution in [-0.4, -0.2) is 0 Å². The number of rotatable bonds is 4. The SMILES string of the molecule is CCCCC1(CC)C(C#N)(C#N)C1(C#N)C#N. The van der Waals surface area contributed by atoms with E-state index in [4.69, 9.17) is 0 Å². The molecule has 1 aliphatic carbocycles. The van der Waals surface area contributed by atoms with Gasteiger partial charge in [0.15, 0.2) is 10.8 Å². The van der Waals surface area contributed by atoms with Gasteiger partial charge in [0.2, 0.25) is 0 Å². The Hall–Kier alpha value is -2.04. The molecule has 0 aromatic heterocycles. The zero-order chi connectivity index (χ0) is 13.2. The minimum absolute atomic E-state index is 0.509. The maximum atomic E-state index is 9.25. The molecule has 0 aromatic carbocycles. The first-order valence-corrected chi connectivity index (χ1v) is 5.77. The van der Waals surface area contributed by atoms with Crippen LogP contribution in [0.15, 0.2) is 0 Å². The number of nitrogens with zero attached hydrogens (tertiary/aromatic N) is 4. The summed E-state index contributed by atoms with van der Waals surface area (Å²) < 4.78 is 0. The van der Waals surface area contributed by atoms with Crippen molar-refractivity contribution >= 4 is 0 Å². The molecular weight excluding hydrogens is 212 g/mol. The summed E-state index contributed by atoms with van der Waals surface area (Å²) in [6.45, 7) is 3.85. The Bertz CT molecular complexity index is 412. The summed E-state index contributed by atoms with van der Waals surface area (Å²) in [5.74, 6) is 0. The molecule has 0 heterocycles. The van der Waals surface area contributed by atoms with Crippen molar-refractivity contribution < 1.29 is 0 Å². The van der Waals surface area contributed by atoms with Crippen molar-refractivity contribution in [1.29, 1.82) is 21.0 Å². The summed E-state index contributed by atoms with van der Waals surface area (Å²) in [7, 11) is 0. The lowest BCUT2D eigenvalue weighted by Crippen LogP contribution is -2.11. The molecule has 0 unspecified atom stereocenters. The van der Waals surface area contributed by atoms with Crippen LogP contribution in [0.5, 0.6) is 0 Å². The van der Waals surface area contributed by atoms with E-state index in [0.29, 0.717) is 12.8 Å². The van der Waals surface area contributed by atoms with E-state index in [2.05, 4.69) is 0 Å². The van der Waals surface area contributed by atoms with Gasteiger partial charge in [-0.25, -0.2) is 0 Å². The molecule has 4 heteroatoms. The maximum Gasteiger partial charge on any atom is 0.184 e. The Morgan fingerprint density at radius 3 is 1.47 bits per heavy atom. The van der Waals surface area contributed by atoms with E-state index in [0.717, 1.165) is 12.8 Å². The highest BCUT2D eigenvalue weighted by Gasteiger charge is 2.90. The molecule has 1 fully saturated rings. The van der Waals surface area contributed by atoms with E-state index >= 15 is 0 Å². The molecule has 1 aliphatic rings. The molecule has 0 aliphatic heterocycles. The molecule has 0 radical (unpaired) electrons. The van der Waals surface area contributed by atoms with Crippen LogP contribution in [0.2, 0.25) is 0 Å². The standard InChI is InChI=1S/C13H14N4/c1-3-5-6-11(4-2)12(7-14,8-15)13(11,9-16)10-17/h3-6H2,1-2H3. The molecule has 0 N–H and O–H groups in total. The maximum absolute atomic E-state index is 9.25. The van der Waals surface area contributed by atoms with E-state index in [1.165, 1.54) is 0 Å². The molecule has 1 rings (SSSR count). The minimum Gasteiger partial charge on any atom is -0.196 e. The summed E-state index contributed by atoms with van der Waals surface area (Å²) in [5.41, 5.74) is -3.68. The Morgan fingerprint density at radius 1 is 0.824 bits per heavy atom. The summed E-state index contributed by atoms with van der Waals surface area (Å²) in [5, 5.41) is 37.0. The summed E-state index contributed by atoms with van der Waals surface area (Å²) in [6.07, 6.45) is 2.84. The molecule has 4 nitrogen and oxygen atoms in total. The number of nitriles is 4. The first kappa shape index (κ1) is 13.0. The van der Waals surface area contributed by atoms with E-state index in [9.17, 15) is 21.0 Å². The van der Waals surface area contributed by atoms with Crippen LogP contribution in [0.1, 0.15) is 39.5 Å². The van der Waals surface area contributed by atoms with Gasteiger partial charge in [-0.3, -0.25) is 0 Å². The van der Waals surface area contributed by atoms with E-state index in [1.807, 2.05) is 38.1 Å². The fourth-order valence-electron chi connectivity index (χ4n) is 3.07. The van der Waals surface area contributed by atoms with Gasteiger partial charge < -0.3 is 0 Å². The predicted octanol–water partition coefficient (Wildman–Crippen LogP) is 2.65. The van der Waals surface area contributed by atoms with E-state index in [-0.39, 0.29) is 0 Å². The van der Waals surface area contributed by atoms with Crippen molar-refractivity contribution in [3.8, 4) is 24.3 Å². The highest BCUT2D eigenvalue weighted by Crippen LogP contribution is 2.80. The van der Waals surface area contributed by atoms with Crippen LogP contribution in [0.25, 0.3) is 0 Å². The largest absolute Gasteiger partial charge is 0.196 e. The normalized spacial score (nSPS) is 21.3. The molecule has 1 saturated carbocycles. The molecular formula is C13H14N4. The number of hydrogen-bond donors (Lipinski definition) is 0. The number of unbranched alkanes of at least 4 members (excludes halogenated alkanes) is 1. The van der Waals surface area contributed by atoms with Crippen LogP contribution < -0.4 is 0 Å². The predicted molar refractivity (Wildman–Crippen MR) is 59.6 cm³/mol. The lowest BCUT2D eigenvalue weighted by molar-refractivity contribution is 0.360. The van der Waals surface area contributed by atoms with Gasteiger partial charge in [0.05, 0.1) is 24.3 Å². The van der Waals surface area contributed by atoms with Crippen LogP contribution >= 0.6 is 0 Å². The van der Waals surface area contributed by atoms with Crippen LogP contribution in [0.4, 0.5) is 0 Å². The number of hydrogen-bond acceptors (Lipinski definition) is 4. The molecule has 86 valence electrons. The van der Waals surface area contributed by atoms with Crippen molar-refractivity contribution in [2.75, 3.05) is 0 Å². The highest BCUT2D eigenvalue weighted by molar-refractivity contribution is 5.55. The third-order valence-corrected chi connectivity index (χ3v) is 4.17. The monoisotopic (exact) mass is 226 g/mol. The average Bonchev–Trinajstić information content (AvgIpc) is 2.92. The zero-order valence-corrected chi connectivity index (χ0v) is 10.1. The molecule has 0 aromatic rings. The Kier molecular flexibility index (Phi) is 3.13. The van der Waals surface area contributed by atoms with Crippen LogP contribution in [0.3, 0.4) is 0 Å². The molecule has 0 saturated heterocycles. The lowest BCUT2D eigenvalue weighted by atomic mass is 9.85. The highest BCUT2D eigenvalue weighted by atomic mass is 14.8. The van der Waals surface area contributed by atoms with Gasteiger partial charge >= 0.3 is 0 Å². The van der Waals surface area contributed by atoms with E-state index in [1.54, 1.807) is 0 Å². The minimum atomic E-state index is -1.45. The Morgan fingerprint density at radius 2 is 1.24 bits per heavy atom. The van der Waals surface area contributed by atoms with Crippen molar-refractivity contribution in [2.45, 2.75) is 39.5 Å². The van der Waals surface area contributed by atoms with Gasteiger partial charge in [-0.15, -0.1) is 0 Å². The fourth-order valence-corrected chi connectivity index (χ4v) is 3.07. The van der Waals surface area contributed by atoms with Crippen molar-refractivity contribution in [3.05, 3.63) is 0 Å². The second-order valence-electron chi connectivity index (χ2n) is 4.49. The molecule has 17 heavy (non-hydrogen) atoms. The quantitative estimate of drug-likeness (QED) is 0.736. The summed E-state index contributed by atoms with van der Waals surface area (Å²) >= 11 is 0. The average molecular weight is 226 g/mol. The van der Waals surface area contributed by atoms with Crippen molar-refractivity contribution in [3.63, 3.8) is 0 Å². The Labute approximate surface area is 102 Å². The molecule has 0 bridgehead atoms. The fraction of sp³-hybridized carbons (Fsp3) is 0.692. The first-order chi connectivity index (χ1) is 8.11. The van der Waals surface area contributed by atoms with Gasteiger partial charge in [0.1, 0.15) is 0 Å². The van der Waals surface area contributed by atoms with Crippen molar-refractivity contribution in [2.24, 2.45) is 16.2 Å². The summed E-state index contributed by atoms with van der Waals surface area (Å²) in [4.78, 5) is 0. The second-order valence-corrected chi connectivity index (χ2v) is 4.49. The third-order valence-electron chi connectivity index (χ3n) is 4.17. The first-order valence-electron chi connectivity index (χ1n) is 5.77. The molecule has 0 atom stereocenters. The van der Waals surface area contributed by atoms with Crippen molar-refractivity contribution in [1.82, 2.24) is 0 Å².